The van der Waals surface area contributed by atoms with E-state index in [2.05, 4.69) is 30.7 Å². The molecule has 2 aromatic heterocycles. The highest BCUT2D eigenvalue weighted by atomic mass is 32.1. The second-order valence-electron chi connectivity index (χ2n) is 3.85. The van der Waals surface area contributed by atoms with E-state index >= 15 is 0 Å². The summed E-state index contributed by atoms with van der Waals surface area (Å²) in [6.45, 7) is 6.53. The summed E-state index contributed by atoms with van der Waals surface area (Å²) in [6.07, 6.45) is 5.69. The van der Waals surface area contributed by atoms with Gasteiger partial charge in [0.2, 0.25) is 0 Å². The van der Waals surface area contributed by atoms with Crippen molar-refractivity contribution >= 4 is 11.3 Å². The lowest BCUT2D eigenvalue weighted by Crippen LogP contribution is -2.00. The lowest BCUT2D eigenvalue weighted by Gasteiger charge is -2.07. The molecular formula is C12H17N3S. The maximum absolute atomic E-state index is 4.73. The molecule has 1 unspecified atom stereocenters. The van der Waals surface area contributed by atoms with Crippen LogP contribution in [0.5, 0.6) is 0 Å². The first-order chi connectivity index (χ1) is 7.76. The summed E-state index contributed by atoms with van der Waals surface area (Å²) in [5, 5.41) is 1.23. The van der Waals surface area contributed by atoms with Crippen molar-refractivity contribution in [1.82, 2.24) is 15.0 Å². The van der Waals surface area contributed by atoms with Gasteiger partial charge in [-0.1, -0.05) is 20.8 Å². The number of nitrogens with one attached hydrogen (secondary N) is 1. The number of thiazole rings is 1. The molecule has 2 aromatic rings. The molecule has 1 atom stereocenters. The van der Waals surface area contributed by atoms with E-state index in [0.29, 0.717) is 5.92 Å². The molecule has 0 aromatic carbocycles. The van der Waals surface area contributed by atoms with E-state index in [-0.39, 0.29) is 0 Å². The third-order valence-corrected chi connectivity index (χ3v) is 4.15. The first kappa shape index (κ1) is 11.3. The third kappa shape index (κ3) is 2.02. The number of aromatic amines is 1. The summed E-state index contributed by atoms with van der Waals surface area (Å²) in [4.78, 5) is 13.4. The lowest BCUT2D eigenvalue weighted by molar-refractivity contribution is 0.825. The predicted molar refractivity (Wildman–Crippen MR) is 67.0 cm³/mol. The third-order valence-electron chi connectivity index (χ3n) is 2.79. The summed E-state index contributed by atoms with van der Waals surface area (Å²) in [7, 11) is 0. The van der Waals surface area contributed by atoms with Gasteiger partial charge < -0.3 is 4.98 Å². The van der Waals surface area contributed by atoms with Crippen LogP contribution in [0.3, 0.4) is 0 Å². The molecule has 2 heterocycles. The van der Waals surface area contributed by atoms with Gasteiger partial charge in [-0.3, -0.25) is 0 Å². The highest BCUT2D eigenvalue weighted by Crippen LogP contribution is 2.29. The Hall–Kier alpha value is -1.16. The monoisotopic (exact) mass is 235 g/mol. The molecule has 0 amide bonds. The van der Waals surface area contributed by atoms with Crippen LogP contribution in [0.4, 0.5) is 0 Å². The summed E-state index contributed by atoms with van der Waals surface area (Å²) in [6, 6.07) is 0. The van der Waals surface area contributed by atoms with Crippen LogP contribution in [0.2, 0.25) is 0 Å². The molecule has 86 valence electrons. The first-order valence-electron chi connectivity index (χ1n) is 5.73. The maximum atomic E-state index is 4.73. The van der Waals surface area contributed by atoms with E-state index in [9.17, 15) is 0 Å². The zero-order valence-electron chi connectivity index (χ0n) is 9.95. The molecule has 0 saturated heterocycles. The Morgan fingerprint density at radius 2 is 2.19 bits per heavy atom. The minimum atomic E-state index is 0.314. The fraction of sp³-hybridized carbons (Fsp3) is 0.500. The van der Waals surface area contributed by atoms with Crippen molar-refractivity contribution in [3.8, 4) is 0 Å². The van der Waals surface area contributed by atoms with Crippen molar-refractivity contribution in [1.29, 1.82) is 0 Å². The molecule has 16 heavy (non-hydrogen) atoms. The van der Waals surface area contributed by atoms with Crippen molar-refractivity contribution < 1.29 is 0 Å². The lowest BCUT2D eigenvalue weighted by atomic mass is 10.0. The van der Waals surface area contributed by atoms with Crippen molar-refractivity contribution in [2.24, 2.45) is 0 Å². The molecule has 0 radical (unpaired) electrons. The van der Waals surface area contributed by atoms with Gasteiger partial charge in [0, 0.05) is 22.7 Å². The van der Waals surface area contributed by atoms with Crippen LogP contribution in [0.25, 0.3) is 0 Å². The molecule has 0 saturated carbocycles. The van der Waals surface area contributed by atoms with Crippen molar-refractivity contribution in [3.63, 3.8) is 0 Å². The smallest absolute Gasteiger partial charge is 0.0928 e. The van der Waals surface area contributed by atoms with E-state index < -0.39 is 0 Å². The SMILES string of the molecule is CCc1nc(C(C)c2cnc[nH]2)c(CC)s1. The zero-order chi connectivity index (χ0) is 11.5. The Morgan fingerprint density at radius 3 is 2.75 bits per heavy atom. The van der Waals surface area contributed by atoms with E-state index in [1.54, 1.807) is 6.33 Å². The second-order valence-corrected chi connectivity index (χ2v) is 5.02. The summed E-state index contributed by atoms with van der Waals surface area (Å²) >= 11 is 1.84. The first-order valence-corrected chi connectivity index (χ1v) is 6.54. The van der Waals surface area contributed by atoms with Gasteiger partial charge in [-0.15, -0.1) is 11.3 Å². The maximum Gasteiger partial charge on any atom is 0.0928 e. The van der Waals surface area contributed by atoms with Gasteiger partial charge in [-0.05, 0) is 12.8 Å². The molecule has 0 aliphatic heterocycles. The van der Waals surface area contributed by atoms with E-state index in [1.165, 1.54) is 15.6 Å². The van der Waals surface area contributed by atoms with Gasteiger partial charge >= 0.3 is 0 Å². The van der Waals surface area contributed by atoms with Gasteiger partial charge in [-0.2, -0.15) is 0 Å². The van der Waals surface area contributed by atoms with Crippen molar-refractivity contribution in [2.75, 3.05) is 0 Å². The molecule has 0 fully saturated rings. The molecule has 0 bridgehead atoms. The molecule has 4 heteroatoms. The van der Waals surface area contributed by atoms with E-state index in [4.69, 9.17) is 4.98 Å². The van der Waals surface area contributed by atoms with Crippen LogP contribution in [0.1, 0.15) is 48.0 Å². The minimum absolute atomic E-state index is 0.314. The highest BCUT2D eigenvalue weighted by molar-refractivity contribution is 7.11. The van der Waals surface area contributed by atoms with Crippen LogP contribution < -0.4 is 0 Å². The molecule has 0 aliphatic carbocycles. The fourth-order valence-electron chi connectivity index (χ4n) is 1.81. The van der Waals surface area contributed by atoms with E-state index in [0.717, 1.165) is 18.5 Å². The van der Waals surface area contributed by atoms with Crippen LogP contribution in [0, 0.1) is 0 Å². The highest BCUT2D eigenvalue weighted by Gasteiger charge is 2.17. The average molecular weight is 235 g/mol. The Kier molecular flexibility index (Phi) is 3.39. The van der Waals surface area contributed by atoms with Gasteiger partial charge in [0.25, 0.3) is 0 Å². The van der Waals surface area contributed by atoms with Gasteiger partial charge in [0.1, 0.15) is 0 Å². The van der Waals surface area contributed by atoms with Crippen LogP contribution >= 0.6 is 11.3 Å². The van der Waals surface area contributed by atoms with Gasteiger partial charge in [-0.25, -0.2) is 9.97 Å². The minimum Gasteiger partial charge on any atom is -0.348 e. The summed E-state index contributed by atoms with van der Waals surface area (Å²) in [5.74, 6) is 0.314. The molecule has 1 N–H and O–H groups in total. The molecular weight excluding hydrogens is 218 g/mol. The number of aromatic nitrogens is 3. The molecule has 2 rings (SSSR count). The second kappa shape index (κ2) is 4.78. The summed E-state index contributed by atoms with van der Waals surface area (Å²) in [5.41, 5.74) is 2.36. The summed E-state index contributed by atoms with van der Waals surface area (Å²) < 4.78 is 0. The van der Waals surface area contributed by atoms with Crippen LogP contribution in [0.15, 0.2) is 12.5 Å². The molecule has 0 aliphatic rings. The largest absolute Gasteiger partial charge is 0.348 e. The normalized spacial score (nSPS) is 12.9. The molecule has 3 nitrogen and oxygen atoms in total. The van der Waals surface area contributed by atoms with Crippen molar-refractivity contribution in [3.05, 3.63) is 33.8 Å². The topological polar surface area (TPSA) is 41.6 Å². The Bertz CT molecular complexity index is 445. The number of hydrogen-bond donors (Lipinski definition) is 1. The predicted octanol–water partition coefficient (Wildman–Crippen LogP) is 3.14. The van der Waals surface area contributed by atoms with Crippen molar-refractivity contribution in [2.45, 2.75) is 39.5 Å². The number of hydrogen-bond acceptors (Lipinski definition) is 3. The number of aryl methyl sites for hydroxylation is 2. The van der Waals surface area contributed by atoms with E-state index in [1.807, 2.05) is 17.5 Å². The Balaban J connectivity index is 2.35. The standard InChI is InChI=1S/C12H17N3S/c1-4-10-12(15-11(5-2)16-10)8(3)9-6-13-7-14-9/h6-8H,4-5H2,1-3H3,(H,13,14). The Morgan fingerprint density at radius 1 is 1.38 bits per heavy atom. The Labute approximate surface area is 100.0 Å². The number of imidazole rings is 1. The molecule has 0 spiro atoms. The van der Waals surface area contributed by atoms with Gasteiger partial charge in [0.15, 0.2) is 0 Å². The number of rotatable bonds is 4. The fourth-order valence-corrected chi connectivity index (χ4v) is 2.85. The average Bonchev–Trinajstić information content (AvgIpc) is 2.96. The van der Waals surface area contributed by atoms with Crippen LogP contribution in [-0.4, -0.2) is 15.0 Å². The number of nitrogens with zero attached hydrogens (tertiary/aromatic N) is 2. The number of H-pyrrole nitrogens is 1. The van der Waals surface area contributed by atoms with Crippen LogP contribution in [-0.2, 0) is 12.8 Å². The quantitative estimate of drug-likeness (QED) is 0.884. The zero-order valence-corrected chi connectivity index (χ0v) is 10.8. The van der Waals surface area contributed by atoms with Gasteiger partial charge in [0.05, 0.1) is 17.0 Å².